The Morgan fingerprint density at radius 2 is 2.05 bits per heavy atom. The van der Waals surface area contributed by atoms with Gasteiger partial charge >= 0.3 is 0 Å². The fourth-order valence-corrected chi connectivity index (χ4v) is 2.22. The summed E-state index contributed by atoms with van der Waals surface area (Å²) >= 11 is 5.12. The predicted molar refractivity (Wildman–Crippen MR) is 90.4 cm³/mol. The molecule has 0 unspecified atom stereocenters. The van der Waals surface area contributed by atoms with E-state index < -0.39 is 0 Å². The second-order valence-electron chi connectivity index (χ2n) is 4.61. The van der Waals surface area contributed by atoms with Gasteiger partial charge in [0, 0.05) is 18.8 Å². The standard InChI is InChI=1S/C16H19N3OS/c1-3-11-20-14-9-6-10-18-16(14)19(2)13-8-5-4-7-12(13)15(17)21/h4-10H,3,11H2,1-2H3,(H2,17,21). The second kappa shape index (κ2) is 7.04. The van der Waals surface area contributed by atoms with E-state index in [4.69, 9.17) is 22.7 Å². The van der Waals surface area contributed by atoms with E-state index in [1.54, 1.807) is 6.20 Å². The van der Waals surface area contributed by atoms with Crippen LogP contribution in [0.1, 0.15) is 18.9 Å². The molecule has 21 heavy (non-hydrogen) atoms. The highest BCUT2D eigenvalue weighted by atomic mass is 32.1. The van der Waals surface area contributed by atoms with E-state index in [2.05, 4.69) is 11.9 Å². The molecule has 0 saturated heterocycles. The summed E-state index contributed by atoms with van der Waals surface area (Å²) < 4.78 is 5.76. The van der Waals surface area contributed by atoms with E-state index in [1.165, 1.54) is 0 Å². The van der Waals surface area contributed by atoms with Gasteiger partial charge in [0.1, 0.15) is 4.99 Å². The molecule has 0 aliphatic rings. The van der Waals surface area contributed by atoms with Crippen LogP contribution >= 0.6 is 12.2 Å². The van der Waals surface area contributed by atoms with Gasteiger partial charge in [-0.25, -0.2) is 4.98 Å². The van der Waals surface area contributed by atoms with Gasteiger partial charge in [-0.15, -0.1) is 0 Å². The fourth-order valence-electron chi connectivity index (χ4n) is 2.05. The Morgan fingerprint density at radius 1 is 1.29 bits per heavy atom. The Morgan fingerprint density at radius 3 is 2.76 bits per heavy atom. The van der Waals surface area contributed by atoms with E-state index in [9.17, 15) is 0 Å². The first kappa shape index (κ1) is 15.3. The summed E-state index contributed by atoms with van der Waals surface area (Å²) in [6.07, 6.45) is 2.69. The van der Waals surface area contributed by atoms with Gasteiger partial charge in [-0.1, -0.05) is 31.3 Å². The first-order valence-corrected chi connectivity index (χ1v) is 7.26. The van der Waals surface area contributed by atoms with Crippen LogP contribution in [-0.4, -0.2) is 23.6 Å². The lowest BCUT2D eigenvalue weighted by atomic mass is 10.1. The van der Waals surface area contributed by atoms with Gasteiger partial charge in [0.25, 0.3) is 0 Å². The van der Waals surface area contributed by atoms with Crippen molar-refractivity contribution in [3.8, 4) is 5.75 Å². The molecule has 0 amide bonds. The van der Waals surface area contributed by atoms with Gasteiger partial charge in [0.15, 0.2) is 11.6 Å². The minimum absolute atomic E-state index is 0.365. The Hall–Kier alpha value is -2.14. The topological polar surface area (TPSA) is 51.4 Å². The average Bonchev–Trinajstić information content (AvgIpc) is 2.52. The van der Waals surface area contributed by atoms with Crippen LogP contribution in [0.15, 0.2) is 42.6 Å². The van der Waals surface area contributed by atoms with Gasteiger partial charge < -0.3 is 15.4 Å². The van der Waals surface area contributed by atoms with Crippen molar-refractivity contribution in [2.45, 2.75) is 13.3 Å². The zero-order valence-corrected chi connectivity index (χ0v) is 13.1. The predicted octanol–water partition coefficient (Wildman–Crippen LogP) is 3.27. The molecule has 1 heterocycles. The summed E-state index contributed by atoms with van der Waals surface area (Å²) in [6, 6.07) is 11.5. The van der Waals surface area contributed by atoms with Crippen LogP contribution in [0.4, 0.5) is 11.5 Å². The number of rotatable bonds is 6. The first-order chi connectivity index (χ1) is 10.1. The molecule has 0 fully saturated rings. The molecule has 2 N–H and O–H groups in total. The molecule has 0 aliphatic heterocycles. The minimum atomic E-state index is 0.365. The second-order valence-corrected chi connectivity index (χ2v) is 5.05. The third-order valence-corrected chi connectivity index (χ3v) is 3.28. The number of aromatic nitrogens is 1. The quantitative estimate of drug-likeness (QED) is 0.830. The summed E-state index contributed by atoms with van der Waals surface area (Å²) in [4.78, 5) is 6.73. The van der Waals surface area contributed by atoms with Gasteiger partial charge in [0.2, 0.25) is 0 Å². The molecule has 2 aromatic rings. The lowest BCUT2D eigenvalue weighted by molar-refractivity contribution is 0.317. The molecular weight excluding hydrogens is 282 g/mol. The summed E-state index contributed by atoms with van der Waals surface area (Å²) in [7, 11) is 1.93. The van der Waals surface area contributed by atoms with Crippen molar-refractivity contribution in [3.63, 3.8) is 0 Å². The minimum Gasteiger partial charge on any atom is -0.490 e. The molecule has 2 rings (SSSR count). The van der Waals surface area contributed by atoms with Crippen molar-refractivity contribution in [2.75, 3.05) is 18.6 Å². The number of nitrogens with two attached hydrogens (primary N) is 1. The van der Waals surface area contributed by atoms with Crippen molar-refractivity contribution in [2.24, 2.45) is 5.73 Å². The number of benzene rings is 1. The number of anilines is 2. The van der Waals surface area contributed by atoms with Crippen LogP contribution in [0, 0.1) is 0 Å². The summed E-state index contributed by atoms with van der Waals surface area (Å²) in [5, 5.41) is 0. The van der Waals surface area contributed by atoms with Crippen molar-refractivity contribution < 1.29 is 4.74 Å². The van der Waals surface area contributed by atoms with E-state index in [0.717, 1.165) is 29.2 Å². The first-order valence-electron chi connectivity index (χ1n) is 6.85. The van der Waals surface area contributed by atoms with Gasteiger partial charge in [-0.05, 0) is 30.7 Å². The highest BCUT2D eigenvalue weighted by molar-refractivity contribution is 7.80. The van der Waals surface area contributed by atoms with E-state index in [1.807, 2.05) is 48.3 Å². The van der Waals surface area contributed by atoms with Crippen LogP contribution in [0.25, 0.3) is 0 Å². The third kappa shape index (κ3) is 3.49. The van der Waals surface area contributed by atoms with Crippen molar-refractivity contribution in [1.29, 1.82) is 0 Å². The summed E-state index contributed by atoms with van der Waals surface area (Å²) in [5.41, 5.74) is 7.53. The molecule has 0 radical (unpaired) electrons. The van der Waals surface area contributed by atoms with Gasteiger partial charge in [-0.3, -0.25) is 0 Å². The number of thiocarbonyl (C=S) groups is 1. The van der Waals surface area contributed by atoms with Crippen molar-refractivity contribution in [3.05, 3.63) is 48.2 Å². The zero-order valence-electron chi connectivity index (χ0n) is 12.2. The maximum absolute atomic E-state index is 5.80. The molecular formula is C16H19N3OS. The Balaban J connectivity index is 2.41. The molecule has 0 atom stereocenters. The molecule has 4 nitrogen and oxygen atoms in total. The van der Waals surface area contributed by atoms with Gasteiger partial charge in [0.05, 0.1) is 12.3 Å². The van der Waals surface area contributed by atoms with Crippen LogP contribution in [0.5, 0.6) is 5.75 Å². The smallest absolute Gasteiger partial charge is 0.175 e. The van der Waals surface area contributed by atoms with Crippen LogP contribution in [0.2, 0.25) is 0 Å². The maximum Gasteiger partial charge on any atom is 0.175 e. The molecule has 0 spiro atoms. The molecule has 0 bridgehead atoms. The number of nitrogens with zero attached hydrogens (tertiary/aromatic N) is 2. The van der Waals surface area contributed by atoms with E-state index in [0.29, 0.717) is 11.6 Å². The number of hydrogen-bond donors (Lipinski definition) is 1. The van der Waals surface area contributed by atoms with Crippen molar-refractivity contribution in [1.82, 2.24) is 4.98 Å². The highest BCUT2D eigenvalue weighted by Crippen LogP contribution is 2.32. The Kier molecular flexibility index (Phi) is 5.11. The molecule has 0 saturated carbocycles. The molecule has 110 valence electrons. The Labute approximate surface area is 130 Å². The Bertz CT molecular complexity index is 630. The summed E-state index contributed by atoms with van der Waals surface area (Å²) in [6.45, 7) is 2.73. The lowest BCUT2D eigenvalue weighted by Gasteiger charge is -2.23. The number of pyridine rings is 1. The molecule has 5 heteroatoms. The average molecular weight is 301 g/mol. The van der Waals surface area contributed by atoms with Crippen LogP contribution in [0.3, 0.4) is 0 Å². The van der Waals surface area contributed by atoms with Gasteiger partial charge in [-0.2, -0.15) is 0 Å². The lowest BCUT2D eigenvalue weighted by Crippen LogP contribution is -2.19. The normalized spacial score (nSPS) is 10.2. The fraction of sp³-hybridized carbons (Fsp3) is 0.250. The van der Waals surface area contributed by atoms with E-state index >= 15 is 0 Å². The van der Waals surface area contributed by atoms with E-state index in [-0.39, 0.29) is 0 Å². The number of ether oxygens (including phenoxy) is 1. The number of para-hydroxylation sites is 1. The van der Waals surface area contributed by atoms with Crippen LogP contribution < -0.4 is 15.4 Å². The largest absolute Gasteiger partial charge is 0.490 e. The maximum atomic E-state index is 5.80. The highest BCUT2D eigenvalue weighted by Gasteiger charge is 2.15. The SMILES string of the molecule is CCCOc1cccnc1N(C)c1ccccc1C(N)=S. The molecule has 1 aromatic heterocycles. The zero-order chi connectivity index (χ0) is 15.2. The van der Waals surface area contributed by atoms with Crippen LogP contribution in [-0.2, 0) is 0 Å². The summed E-state index contributed by atoms with van der Waals surface area (Å²) in [5.74, 6) is 1.49. The molecule has 1 aromatic carbocycles. The molecule has 0 aliphatic carbocycles. The third-order valence-electron chi connectivity index (χ3n) is 3.06. The number of hydrogen-bond acceptors (Lipinski definition) is 4. The monoisotopic (exact) mass is 301 g/mol. The van der Waals surface area contributed by atoms with Crippen molar-refractivity contribution >= 4 is 28.7 Å².